The molecule has 1 atom stereocenters. The number of thiol groups is 1. The van der Waals surface area contributed by atoms with Crippen LogP contribution >= 0.6 is 24.2 Å². The summed E-state index contributed by atoms with van der Waals surface area (Å²) in [5, 5.41) is 3.70. The number of amides is 2. The second kappa shape index (κ2) is 11.6. The number of hydrogen-bond acceptors (Lipinski definition) is 4. The van der Waals surface area contributed by atoms with Crippen LogP contribution in [0, 0.1) is 6.92 Å². The number of aryl methyl sites for hydroxylation is 1. The van der Waals surface area contributed by atoms with Crippen molar-refractivity contribution in [2.75, 3.05) is 18.8 Å². The van der Waals surface area contributed by atoms with Crippen molar-refractivity contribution >= 4 is 48.2 Å². The summed E-state index contributed by atoms with van der Waals surface area (Å²) in [5.41, 5.74) is 3.54. The number of carbonyl (C=O) groups is 2. The molecule has 0 radical (unpaired) electrons. The van der Waals surface area contributed by atoms with Gasteiger partial charge in [0.25, 0.3) is 11.8 Å². The van der Waals surface area contributed by atoms with Crippen molar-refractivity contribution in [1.29, 1.82) is 0 Å². The predicted molar refractivity (Wildman–Crippen MR) is 138 cm³/mol. The first-order chi connectivity index (χ1) is 16.0. The van der Waals surface area contributed by atoms with Gasteiger partial charge in [-0.05, 0) is 55.7 Å². The van der Waals surface area contributed by atoms with Crippen LogP contribution in [-0.4, -0.2) is 45.5 Å². The standard InChI is InChI=1S/C23H25ClN4O2S.C2H6/c1-14-11-15(7-8-17(14)23(30)28-9-2-3-10-28)22(29)27-20(13-31)21-25-18-6-4-5-16(24)12-19(18)26-21;1-2/h4,6-8,11-12,20,31H,2-3,5,9-10,13H2,1H3,(H,25,26)(H,27,29);1-2H3. The van der Waals surface area contributed by atoms with Crippen LogP contribution in [0.1, 0.15) is 82.6 Å². The number of halogens is 1. The minimum atomic E-state index is -0.394. The Labute approximate surface area is 205 Å². The monoisotopic (exact) mass is 486 g/mol. The molecule has 0 spiro atoms. The maximum Gasteiger partial charge on any atom is 0.254 e. The van der Waals surface area contributed by atoms with E-state index in [0.717, 1.165) is 47.9 Å². The van der Waals surface area contributed by atoms with Gasteiger partial charge >= 0.3 is 0 Å². The molecule has 2 aliphatic rings. The van der Waals surface area contributed by atoms with E-state index in [4.69, 9.17) is 11.6 Å². The average molecular weight is 487 g/mol. The number of benzene rings is 1. The molecular formula is C25H31ClN4O2S. The number of imidazole rings is 1. The minimum absolute atomic E-state index is 0.0343. The maximum absolute atomic E-state index is 12.9. The van der Waals surface area contributed by atoms with E-state index in [9.17, 15) is 9.59 Å². The molecule has 1 aliphatic carbocycles. The fourth-order valence-electron chi connectivity index (χ4n) is 3.90. The zero-order valence-corrected chi connectivity index (χ0v) is 21.0. The highest BCUT2D eigenvalue weighted by Crippen LogP contribution is 2.24. The summed E-state index contributed by atoms with van der Waals surface area (Å²) in [6.45, 7) is 7.46. The molecule has 8 heteroatoms. The molecule has 1 unspecified atom stereocenters. The predicted octanol–water partition coefficient (Wildman–Crippen LogP) is 5.38. The van der Waals surface area contributed by atoms with E-state index < -0.39 is 6.04 Å². The number of rotatable bonds is 5. The van der Waals surface area contributed by atoms with Crippen molar-refractivity contribution in [2.24, 2.45) is 0 Å². The van der Waals surface area contributed by atoms with E-state index >= 15 is 0 Å². The molecule has 6 nitrogen and oxygen atoms in total. The molecular weight excluding hydrogens is 456 g/mol. The Morgan fingerprint density at radius 3 is 2.67 bits per heavy atom. The van der Waals surface area contributed by atoms with Gasteiger partial charge in [0.15, 0.2) is 0 Å². The average Bonchev–Trinajstić information content (AvgIpc) is 3.46. The number of carbonyl (C=O) groups excluding carboxylic acids is 2. The molecule has 2 N–H and O–H groups in total. The number of aromatic nitrogens is 2. The van der Waals surface area contributed by atoms with Crippen LogP contribution in [0.3, 0.4) is 0 Å². The molecule has 1 aromatic carbocycles. The van der Waals surface area contributed by atoms with Crippen LogP contribution in [0.5, 0.6) is 0 Å². The summed E-state index contributed by atoms with van der Waals surface area (Å²) in [7, 11) is 0. The van der Waals surface area contributed by atoms with Gasteiger partial charge in [0.2, 0.25) is 0 Å². The van der Waals surface area contributed by atoms with E-state index in [1.165, 1.54) is 0 Å². The lowest BCUT2D eigenvalue weighted by Gasteiger charge is -2.18. The lowest BCUT2D eigenvalue weighted by atomic mass is 10.0. The van der Waals surface area contributed by atoms with Crippen molar-refractivity contribution in [2.45, 2.75) is 46.1 Å². The van der Waals surface area contributed by atoms with Crippen LogP contribution in [0.2, 0.25) is 0 Å². The highest BCUT2D eigenvalue weighted by Gasteiger charge is 2.23. The van der Waals surface area contributed by atoms with Gasteiger partial charge in [-0.3, -0.25) is 9.59 Å². The summed E-state index contributed by atoms with van der Waals surface area (Å²) in [5.74, 6) is 0.798. The first-order valence-electron chi connectivity index (χ1n) is 11.4. The van der Waals surface area contributed by atoms with Crippen molar-refractivity contribution in [3.63, 3.8) is 0 Å². The lowest BCUT2D eigenvalue weighted by Crippen LogP contribution is -2.31. The van der Waals surface area contributed by atoms with Crippen LogP contribution in [0.25, 0.3) is 12.2 Å². The molecule has 0 saturated carbocycles. The second-order valence-corrected chi connectivity index (χ2v) is 8.71. The zero-order valence-electron chi connectivity index (χ0n) is 19.3. The van der Waals surface area contributed by atoms with Crippen LogP contribution < -0.4 is 5.32 Å². The number of allylic oxidation sites excluding steroid dienone is 2. The Morgan fingerprint density at radius 1 is 1.27 bits per heavy atom. The van der Waals surface area contributed by atoms with E-state index in [1.807, 2.05) is 43.9 Å². The Bertz CT molecular complexity index is 1070. The van der Waals surface area contributed by atoms with Crippen molar-refractivity contribution in [3.8, 4) is 0 Å². The third-order valence-electron chi connectivity index (χ3n) is 5.60. The SMILES string of the molecule is CC.Cc1cc(C(=O)NC(CS)c2nc3c([nH]2)C=C(Cl)CC=C3)ccc1C(=O)N1CCCC1. The van der Waals surface area contributed by atoms with Crippen molar-refractivity contribution in [3.05, 3.63) is 63.2 Å². The molecule has 1 aliphatic heterocycles. The Kier molecular flexibility index (Phi) is 8.80. The van der Waals surface area contributed by atoms with Crippen molar-refractivity contribution in [1.82, 2.24) is 20.2 Å². The molecule has 176 valence electrons. The van der Waals surface area contributed by atoms with Gasteiger partial charge in [-0.2, -0.15) is 12.6 Å². The van der Waals surface area contributed by atoms with E-state index in [2.05, 4.69) is 27.9 Å². The largest absolute Gasteiger partial charge is 0.341 e. The Morgan fingerprint density at radius 2 is 2.00 bits per heavy atom. The minimum Gasteiger partial charge on any atom is -0.341 e. The van der Waals surface area contributed by atoms with Gasteiger partial charge in [0, 0.05) is 41.4 Å². The molecule has 4 rings (SSSR count). The fraction of sp³-hybridized carbons (Fsp3) is 0.400. The summed E-state index contributed by atoms with van der Waals surface area (Å²) >= 11 is 10.6. The van der Waals surface area contributed by atoms with Crippen molar-refractivity contribution < 1.29 is 9.59 Å². The number of likely N-dealkylation sites (tertiary alicyclic amines) is 1. The lowest BCUT2D eigenvalue weighted by molar-refractivity contribution is 0.0791. The maximum atomic E-state index is 12.9. The topological polar surface area (TPSA) is 78.1 Å². The molecule has 1 saturated heterocycles. The molecule has 2 amide bonds. The molecule has 1 fully saturated rings. The van der Waals surface area contributed by atoms with Crippen LogP contribution in [0.4, 0.5) is 0 Å². The zero-order chi connectivity index (χ0) is 24.0. The second-order valence-electron chi connectivity index (χ2n) is 7.86. The quantitative estimate of drug-likeness (QED) is 0.496. The van der Waals surface area contributed by atoms with Gasteiger partial charge < -0.3 is 15.2 Å². The van der Waals surface area contributed by atoms with Gasteiger partial charge in [-0.1, -0.05) is 31.5 Å². The number of hydrogen-bond donors (Lipinski definition) is 3. The van der Waals surface area contributed by atoms with Gasteiger partial charge in [0.05, 0.1) is 17.4 Å². The molecule has 33 heavy (non-hydrogen) atoms. The number of fused-ring (bicyclic) bond motifs is 1. The van der Waals surface area contributed by atoms with Gasteiger partial charge in [-0.15, -0.1) is 0 Å². The first-order valence-corrected chi connectivity index (χ1v) is 12.4. The fourth-order valence-corrected chi connectivity index (χ4v) is 4.36. The highest BCUT2D eigenvalue weighted by molar-refractivity contribution is 7.80. The number of H-pyrrole nitrogens is 1. The molecule has 2 aromatic rings. The summed E-state index contributed by atoms with van der Waals surface area (Å²) in [4.78, 5) is 35.3. The smallest absolute Gasteiger partial charge is 0.254 e. The van der Waals surface area contributed by atoms with Gasteiger partial charge in [-0.25, -0.2) is 4.98 Å². The Hall–Kier alpha value is -2.51. The third kappa shape index (κ3) is 5.89. The summed E-state index contributed by atoms with van der Waals surface area (Å²) < 4.78 is 0. The number of nitrogens with zero attached hydrogens (tertiary/aromatic N) is 2. The number of aromatic amines is 1. The van der Waals surface area contributed by atoms with Crippen LogP contribution in [0.15, 0.2) is 29.3 Å². The highest BCUT2D eigenvalue weighted by atomic mass is 35.5. The number of nitrogens with one attached hydrogen (secondary N) is 2. The first kappa shape index (κ1) is 25.1. The van der Waals surface area contributed by atoms with E-state index in [0.29, 0.717) is 29.1 Å². The third-order valence-corrected chi connectivity index (χ3v) is 6.23. The van der Waals surface area contributed by atoms with Crippen LogP contribution in [-0.2, 0) is 0 Å². The van der Waals surface area contributed by atoms with E-state index in [-0.39, 0.29) is 11.8 Å². The normalized spacial score (nSPS) is 15.7. The Balaban J connectivity index is 0.00000149. The summed E-state index contributed by atoms with van der Waals surface area (Å²) in [6, 6.07) is 4.81. The molecule has 1 aromatic heterocycles. The molecule has 2 heterocycles. The van der Waals surface area contributed by atoms with E-state index in [1.54, 1.807) is 18.2 Å². The van der Waals surface area contributed by atoms with Gasteiger partial charge in [0.1, 0.15) is 5.82 Å². The molecule has 0 bridgehead atoms. The summed E-state index contributed by atoms with van der Waals surface area (Å²) in [6.07, 6.45) is 8.48.